The van der Waals surface area contributed by atoms with Gasteiger partial charge in [0.15, 0.2) is 0 Å². The molecule has 5 atom stereocenters. The van der Waals surface area contributed by atoms with Crippen molar-refractivity contribution in [1.82, 2.24) is 10.6 Å². The third kappa shape index (κ3) is 2.70. The Kier molecular flexibility index (Phi) is 4.67. The van der Waals surface area contributed by atoms with Gasteiger partial charge in [0.2, 0.25) is 5.91 Å². The second kappa shape index (κ2) is 5.58. The molecule has 0 unspecified atom stereocenters. The molecule has 0 saturated carbocycles. The summed E-state index contributed by atoms with van der Waals surface area (Å²) in [5.41, 5.74) is 0. The van der Waals surface area contributed by atoms with Crippen LogP contribution < -0.4 is 10.6 Å². The molecule has 1 heterocycles. The van der Waals surface area contributed by atoms with Crippen LogP contribution in [0.4, 0.5) is 0 Å². The monoisotopic (exact) mass is 232 g/mol. The number of aliphatic hydroxyl groups is 3. The summed E-state index contributed by atoms with van der Waals surface area (Å²) in [6, 6.07) is -1.14. The zero-order chi connectivity index (χ0) is 12.3. The molecule has 0 aromatic heterocycles. The van der Waals surface area contributed by atoms with Crippen LogP contribution in [0.1, 0.15) is 13.8 Å². The first kappa shape index (κ1) is 13.4. The van der Waals surface area contributed by atoms with E-state index in [1.54, 1.807) is 6.92 Å². The van der Waals surface area contributed by atoms with Crippen LogP contribution in [0.2, 0.25) is 0 Å². The van der Waals surface area contributed by atoms with E-state index in [4.69, 9.17) is 5.11 Å². The molecule has 94 valence electrons. The Bertz CT molecular complexity index is 247. The average Bonchev–Trinajstić information content (AvgIpc) is 2.25. The first-order valence-electron chi connectivity index (χ1n) is 5.44. The number of amides is 1. The van der Waals surface area contributed by atoms with Crippen molar-refractivity contribution < 1.29 is 20.1 Å². The molecule has 0 aromatic rings. The van der Waals surface area contributed by atoms with Crippen molar-refractivity contribution >= 4 is 5.91 Å². The van der Waals surface area contributed by atoms with E-state index in [1.807, 2.05) is 0 Å². The van der Waals surface area contributed by atoms with Crippen LogP contribution in [0.15, 0.2) is 0 Å². The van der Waals surface area contributed by atoms with E-state index in [2.05, 4.69) is 10.6 Å². The van der Waals surface area contributed by atoms with Gasteiger partial charge in [-0.05, 0) is 0 Å². The molecule has 0 bridgehead atoms. The second-order valence-electron chi connectivity index (χ2n) is 4.32. The number of hydrogen-bond acceptors (Lipinski definition) is 5. The maximum absolute atomic E-state index is 11.0. The SMILES string of the molecule is CC(=O)N[C@@H]1[C@@H](C)[C@H](O)[C@@H](CO)N[C@@H]1CO. The Morgan fingerprint density at radius 3 is 2.31 bits per heavy atom. The van der Waals surface area contributed by atoms with Crippen LogP contribution in [0.5, 0.6) is 0 Å². The van der Waals surface area contributed by atoms with Crippen molar-refractivity contribution in [1.29, 1.82) is 0 Å². The summed E-state index contributed by atoms with van der Waals surface area (Å²) < 4.78 is 0. The Labute approximate surface area is 94.7 Å². The lowest BCUT2D eigenvalue weighted by atomic mass is 9.82. The van der Waals surface area contributed by atoms with Crippen molar-refractivity contribution in [2.45, 2.75) is 38.1 Å². The van der Waals surface area contributed by atoms with Gasteiger partial charge in [0.05, 0.1) is 37.4 Å². The molecule has 5 N–H and O–H groups in total. The van der Waals surface area contributed by atoms with Crippen molar-refractivity contribution in [3.63, 3.8) is 0 Å². The fraction of sp³-hybridized carbons (Fsp3) is 0.900. The lowest BCUT2D eigenvalue weighted by molar-refractivity contribution is -0.121. The molecule has 1 aliphatic heterocycles. The molecular weight excluding hydrogens is 212 g/mol. The molecule has 16 heavy (non-hydrogen) atoms. The Morgan fingerprint density at radius 2 is 1.88 bits per heavy atom. The van der Waals surface area contributed by atoms with E-state index in [9.17, 15) is 15.0 Å². The number of rotatable bonds is 3. The number of piperidine rings is 1. The molecule has 0 aliphatic carbocycles. The fourth-order valence-corrected chi connectivity index (χ4v) is 2.22. The summed E-state index contributed by atoms with van der Waals surface area (Å²) in [7, 11) is 0. The minimum atomic E-state index is -0.746. The molecule has 0 aromatic carbocycles. The summed E-state index contributed by atoms with van der Waals surface area (Å²) >= 11 is 0. The van der Waals surface area contributed by atoms with Crippen molar-refractivity contribution in [3.8, 4) is 0 Å². The van der Waals surface area contributed by atoms with E-state index < -0.39 is 12.1 Å². The van der Waals surface area contributed by atoms with E-state index in [1.165, 1.54) is 6.92 Å². The third-order valence-electron chi connectivity index (χ3n) is 3.14. The Hall–Kier alpha value is -0.690. The van der Waals surface area contributed by atoms with Crippen LogP contribution in [-0.2, 0) is 4.79 Å². The molecule has 6 heteroatoms. The van der Waals surface area contributed by atoms with Gasteiger partial charge in [0, 0.05) is 12.8 Å². The zero-order valence-electron chi connectivity index (χ0n) is 9.55. The zero-order valence-corrected chi connectivity index (χ0v) is 9.55. The smallest absolute Gasteiger partial charge is 0.217 e. The molecule has 1 saturated heterocycles. The quantitative estimate of drug-likeness (QED) is 0.380. The maximum Gasteiger partial charge on any atom is 0.217 e. The topological polar surface area (TPSA) is 102 Å². The van der Waals surface area contributed by atoms with Crippen LogP contribution in [0, 0.1) is 5.92 Å². The third-order valence-corrected chi connectivity index (χ3v) is 3.14. The lowest BCUT2D eigenvalue weighted by Gasteiger charge is -2.44. The standard InChI is InChI=1S/C10H20N2O4/c1-5-9(11-6(2)15)7(3-13)12-8(4-14)10(5)16/h5,7-10,12-14,16H,3-4H2,1-2H3,(H,11,15)/t5-,7-,8-,9-,10+/m1/s1. The lowest BCUT2D eigenvalue weighted by Crippen LogP contribution is -2.67. The van der Waals surface area contributed by atoms with Gasteiger partial charge in [-0.25, -0.2) is 0 Å². The predicted octanol–water partition coefficient (Wildman–Crippen LogP) is -2.19. The molecule has 0 radical (unpaired) electrons. The van der Waals surface area contributed by atoms with Gasteiger partial charge < -0.3 is 26.0 Å². The molecule has 1 amide bonds. The maximum atomic E-state index is 11.0. The summed E-state index contributed by atoms with van der Waals surface area (Å²) in [5.74, 6) is -0.425. The number of aliphatic hydroxyl groups excluding tert-OH is 3. The summed E-state index contributed by atoms with van der Waals surface area (Å²) in [5, 5.41) is 33.8. The van der Waals surface area contributed by atoms with Gasteiger partial charge in [-0.1, -0.05) is 6.92 Å². The fourth-order valence-electron chi connectivity index (χ4n) is 2.22. The van der Waals surface area contributed by atoms with E-state index in [0.29, 0.717) is 0 Å². The molecule has 1 fully saturated rings. The highest BCUT2D eigenvalue weighted by molar-refractivity contribution is 5.73. The highest BCUT2D eigenvalue weighted by atomic mass is 16.3. The van der Waals surface area contributed by atoms with Crippen LogP contribution >= 0.6 is 0 Å². The minimum absolute atomic E-state index is 0.154. The molecule has 1 aliphatic rings. The molecular formula is C10H20N2O4. The van der Waals surface area contributed by atoms with Crippen LogP contribution in [-0.4, -0.2) is 58.7 Å². The first-order chi connectivity index (χ1) is 7.51. The van der Waals surface area contributed by atoms with Gasteiger partial charge in [0.1, 0.15) is 0 Å². The number of hydrogen-bond donors (Lipinski definition) is 5. The van der Waals surface area contributed by atoms with Gasteiger partial charge in [-0.3, -0.25) is 4.79 Å². The van der Waals surface area contributed by atoms with Crippen molar-refractivity contribution in [3.05, 3.63) is 0 Å². The van der Waals surface area contributed by atoms with Gasteiger partial charge in [-0.15, -0.1) is 0 Å². The summed E-state index contributed by atoms with van der Waals surface area (Å²) in [6.07, 6.45) is -0.746. The number of nitrogens with one attached hydrogen (secondary N) is 2. The van der Waals surface area contributed by atoms with E-state index >= 15 is 0 Å². The van der Waals surface area contributed by atoms with Gasteiger partial charge in [-0.2, -0.15) is 0 Å². The van der Waals surface area contributed by atoms with E-state index in [0.717, 1.165) is 0 Å². The van der Waals surface area contributed by atoms with Crippen LogP contribution in [0.3, 0.4) is 0 Å². The minimum Gasteiger partial charge on any atom is -0.395 e. The van der Waals surface area contributed by atoms with Gasteiger partial charge >= 0.3 is 0 Å². The van der Waals surface area contributed by atoms with Crippen LogP contribution in [0.25, 0.3) is 0 Å². The van der Waals surface area contributed by atoms with Crippen molar-refractivity contribution in [2.24, 2.45) is 5.92 Å². The molecule has 6 nitrogen and oxygen atoms in total. The number of carbonyl (C=O) groups excluding carboxylic acids is 1. The Morgan fingerprint density at radius 1 is 1.31 bits per heavy atom. The summed E-state index contributed by atoms with van der Waals surface area (Å²) in [4.78, 5) is 11.0. The second-order valence-corrected chi connectivity index (χ2v) is 4.32. The largest absolute Gasteiger partial charge is 0.395 e. The normalized spacial score (nSPS) is 39.4. The number of carbonyl (C=O) groups is 1. The predicted molar refractivity (Wildman–Crippen MR) is 57.7 cm³/mol. The highest BCUT2D eigenvalue weighted by Gasteiger charge is 2.41. The molecule has 0 spiro atoms. The summed E-state index contributed by atoms with van der Waals surface area (Å²) in [6.45, 7) is 2.83. The first-order valence-corrected chi connectivity index (χ1v) is 5.44. The van der Waals surface area contributed by atoms with E-state index in [-0.39, 0.29) is 37.1 Å². The highest BCUT2D eigenvalue weighted by Crippen LogP contribution is 2.21. The Balaban J connectivity index is 2.77. The van der Waals surface area contributed by atoms with Gasteiger partial charge in [0.25, 0.3) is 0 Å². The van der Waals surface area contributed by atoms with Crippen molar-refractivity contribution in [2.75, 3.05) is 13.2 Å². The average molecular weight is 232 g/mol. The molecule has 1 rings (SSSR count).